The molecule has 0 saturated heterocycles. The third kappa shape index (κ3) is 2.73. The van der Waals surface area contributed by atoms with E-state index in [9.17, 15) is 0 Å². The first kappa shape index (κ1) is 15.0. The molecule has 0 aromatic carbocycles. The van der Waals surface area contributed by atoms with Gasteiger partial charge in [0.15, 0.2) is 0 Å². The highest BCUT2D eigenvalue weighted by molar-refractivity contribution is 7.09. The normalized spacial score (nSPS) is 30.8. The molecule has 2 unspecified atom stereocenters. The minimum atomic E-state index is 0.0906. The average Bonchev–Trinajstić information content (AvgIpc) is 2.79. The molecule has 0 bridgehead atoms. The molecule has 1 fully saturated rings. The Morgan fingerprint density at radius 2 is 2.05 bits per heavy atom. The van der Waals surface area contributed by atoms with Gasteiger partial charge in [-0.25, -0.2) is 4.98 Å². The largest absolute Gasteiger partial charge is 0.308 e. The quantitative estimate of drug-likeness (QED) is 0.880. The van der Waals surface area contributed by atoms with Gasteiger partial charge in [0.1, 0.15) is 5.01 Å². The molecule has 1 N–H and O–H groups in total. The Morgan fingerprint density at radius 3 is 2.53 bits per heavy atom. The lowest BCUT2D eigenvalue weighted by Gasteiger charge is -2.47. The van der Waals surface area contributed by atoms with Crippen LogP contribution in [0.5, 0.6) is 0 Å². The van der Waals surface area contributed by atoms with E-state index >= 15 is 0 Å². The van der Waals surface area contributed by atoms with E-state index in [1.165, 1.54) is 30.0 Å². The maximum Gasteiger partial charge on any atom is 0.113 e. The first-order valence-electron chi connectivity index (χ1n) is 7.45. The Labute approximate surface area is 122 Å². The standard InChI is InChI=1S/C16H28N2S/c1-11(2)13-10-19-14(18-13)16(17-6)8-7-15(4,5)9-12(16)3/h10-12,17H,7-9H2,1-6H3. The van der Waals surface area contributed by atoms with Crippen LogP contribution in [-0.2, 0) is 5.54 Å². The highest BCUT2D eigenvalue weighted by Gasteiger charge is 2.45. The summed E-state index contributed by atoms with van der Waals surface area (Å²) < 4.78 is 0. The highest BCUT2D eigenvalue weighted by Crippen LogP contribution is 2.49. The summed E-state index contributed by atoms with van der Waals surface area (Å²) in [5.74, 6) is 1.15. The zero-order valence-electron chi connectivity index (χ0n) is 13.2. The minimum Gasteiger partial charge on any atom is -0.308 e. The van der Waals surface area contributed by atoms with Gasteiger partial charge in [0.05, 0.1) is 11.2 Å². The summed E-state index contributed by atoms with van der Waals surface area (Å²) >= 11 is 1.84. The predicted molar refractivity (Wildman–Crippen MR) is 83.7 cm³/mol. The van der Waals surface area contributed by atoms with Gasteiger partial charge >= 0.3 is 0 Å². The predicted octanol–water partition coefficient (Wildman–Crippen LogP) is 4.53. The van der Waals surface area contributed by atoms with E-state index in [0.29, 0.717) is 17.3 Å². The molecule has 2 atom stereocenters. The molecule has 1 aromatic heterocycles. The van der Waals surface area contributed by atoms with Crippen LogP contribution in [0.25, 0.3) is 0 Å². The SMILES string of the molecule is CNC1(c2nc(C(C)C)cs2)CCC(C)(C)CC1C. The van der Waals surface area contributed by atoms with Crippen molar-refractivity contribution in [1.29, 1.82) is 0 Å². The zero-order chi connectivity index (χ0) is 14.3. The van der Waals surface area contributed by atoms with Gasteiger partial charge in [-0.3, -0.25) is 0 Å². The van der Waals surface area contributed by atoms with Gasteiger partial charge in [0.25, 0.3) is 0 Å². The van der Waals surface area contributed by atoms with Crippen molar-refractivity contribution in [3.8, 4) is 0 Å². The lowest BCUT2D eigenvalue weighted by molar-refractivity contribution is 0.0774. The van der Waals surface area contributed by atoms with E-state index in [4.69, 9.17) is 4.98 Å². The maximum atomic E-state index is 4.93. The van der Waals surface area contributed by atoms with E-state index in [2.05, 4.69) is 52.4 Å². The van der Waals surface area contributed by atoms with Crippen molar-refractivity contribution in [1.82, 2.24) is 10.3 Å². The Morgan fingerprint density at radius 1 is 1.37 bits per heavy atom. The van der Waals surface area contributed by atoms with Crippen LogP contribution in [-0.4, -0.2) is 12.0 Å². The van der Waals surface area contributed by atoms with E-state index in [1.807, 2.05) is 11.3 Å². The molecule has 19 heavy (non-hydrogen) atoms. The summed E-state index contributed by atoms with van der Waals surface area (Å²) in [6.45, 7) is 11.6. The van der Waals surface area contributed by atoms with Crippen molar-refractivity contribution in [3.63, 3.8) is 0 Å². The molecule has 1 aliphatic carbocycles. The number of hydrogen-bond donors (Lipinski definition) is 1. The molecule has 1 aliphatic rings. The Kier molecular flexibility index (Phi) is 4.08. The summed E-state index contributed by atoms with van der Waals surface area (Å²) in [6.07, 6.45) is 3.74. The van der Waals surface area contributed by atoms with Gasteiger partial charge in [-0.15, -0.1) is 11.3 Å². The zero-order valence-corrected chi connectivity index (χ0v) is 14.0. The molecule has 1 saturated carbocycles. The molecule has 2 nitrogen and oxygen atoms in total. The molecule has 1 aromatic rings. The van der Waals surface area contributed by atoms with Crippen molar-refractivity contribution in [3.05, 3.63) is 16.1 Å². The molecular weight excluding hydrogens is 252 g/mol. The second-order valence-corrected chi connectivity index (χ2v) is 8.08. The van der Waals surface area contributed by atoms with Gasteiger partial charge in [-0.05, 0) is 43.6 Å². The van der Waals surface area contributed by atoms with E-state index in [1.54, 1.807) is 0 Å². The van der Waals surface area contributed by atoms with Crippen LogP contribution < -0.4 is 5.32 Å². The topological polar surface area (TPSA) is 24.9 Å². The second kappa shape index (κ2) is 5.17. The molecule has 0 spiro atoms. The molecule has 108 valence electrons. The number of rotatable bonds is 3. The van der Waals surface area contributed by atoms with Crippen LogP contribution in [0.4, 0.5) is 0 Å². The van der Waals surface area contributed by atoms with Gasteiger partial charge in [-0.2, -0.15) is 0 Å². The van der Waals surface area contributed by atoms with Crippen molar-refractivity contribution in [2.24, 2.45) is 11.3 Å². The summed E-state index contributed by atoms with van der Waals surface area (Å²) in [6, 6.07) is 0. The molecule has 3 heteroatoms. The number of nitrogens with one attached hydrogen (secondary N) is 1. The monoisotopic (exact) mass is 280 g/mol. The lowest BCUT2D eigenvalue weighted by Crippen LogP contribution is -2.50. The molecule has 1 heterocycles. The van der Waals surface area contributed by atoms with Crippen molar-refractivity contribution in [2.75, 3.05) is 7.05 Å². The number of nitrogens with zero attached hydrogens (tertiary/aromatic N) is 1. The Bertz CT molecular complexity index is 436. The first-order valence-corrected chi connectivity index (χ1v) is 8.33. The van der Waals surface area contributed by atoms with Gasteiger partial charge in [-0.1, -0.05) is 34.6 Å². The summed E-state index contributed by atoms with van der Waals surface area (Å²) in [4.78, 5) is 4.93. The van der Waals surface area contributed by atoms with Gasteiger partial charge in [0.2, 0.25) is 0 Å². The molecule has 0 amide bonds. The number of aromatic nitrogens is 1. The van der Waals surface area contributed by atoms with E-state index in [0.717, 1.165) is 0 Å². The van der Waals surface area contributed by atoms with E-state index < -0.39 is 0 Å². The van der Waals surface area contributed by atoms with Crippen molar-refractivity contribution in [2.45, 2.75) is 65.3 Å². The van der Waals surface area contributed by atoms with Crippen LogP contribution in [0, 0.1) is 11.3 Å². The van der Waals surface area contributed by atoms with E-state index in [-0.39, 0.29) is 5.54 Å². The van der Waals surface area contributed by atoms with Gasteiger partial charge < -0.3 is 5.32 Å². The fraction of sp³-hybridized carbons (Fsp3) is 0.812. The second-order valence-electron chi connectivity index (χ2n) is 7.22. The fourth-order valence-electron chi connectivity index (χ4n) is 3.44. The van der Waals surface area contributed by atoms with Crippen LogP contribution >= 0.6 is 11.3 Å². The van der Waals surface area contributed by atoms with Crippen molar-refractivity contribution >= 4 is 11.3 Å². The maximum absolute atomic E-state index is 4.93. The highest BCUT2D eigenvalue weighted by atomic mass is 32.1. The fourth-order valence-corrected chi connectivity index (χ4v) is 4.77. The average molecular weight is 280 g/mol. The van der Waals surface area contributed by atoms with Crippen molar-refractivity contribution < 1.29 is 0 Å². The molecular formula is C16H28N2S. The molecule has 2 rings (SSSR count). The van der Waals surface area contributed by atoms with Crippen LogP contribution in [0.15, 0.2) is 5.38 Å². The van der Waals surface area contributed by atoms with Crippen LogP contribution in [0.1, 0.15) is 70.5 Å². The Hall–Kier alpha value is -0.410. The van der Waals surface area contributed by atoms with Crippen LogP contribution in [0.2, 0.25) is 0 Å². The summed E-state index contributed by atoms with van der Waals surface area (Å²) in [5, 5.41) is 7.16. The number of hydrogen-bond acceptors (Lipinski definition) is 3. The minimum absolute atomic E-state index is 0.0906. The lowest BCUT2D eigenvalue weighted by atomic mass is 9.64. The van der Waals surface area contributed by atoms with Gasteiger partial charge in [0, 0.05) is 5.38 Å². The Balaban J connectivity index is 2.32. The molecule has 0 aliphatic heterocycles. The number of thiazole rings is 1. The third-order valence-electron chi connectivity index (χ3n) is 4.84. The van der Waals surface area contributed by atoms with Crippen LogP contribution in [0.3, 0.4) is 0 Å². The third-order valence-corrected chi connectivity index (χ3v) is 5.88. The summed E-state index contributed by atoms with van der Waals surface area (Å²) in [7, 11) is 2.10. The smallest absolute Gasteiger partial charge is 0.113 e. The molecule has 0 radical (unpaired) electrons. The first-order chi connectivity index (χ1) is 8.81. The summed E-state index contributed by atoms with van der Waals surface area (Å²) in [5.41, 5.74) is 1.80.